The van der Waals surface area contributed by atoms with Crippen molar-refractivity contribution in [2.24, 2.45) is 17.3 Å². The number of hydrogen-bond acceptors (Lipinski definition) is 1. The van der Waals surface area contributed by atoms with Gasteiger partial charge in [-0.15, -0.1) is 0 Å². The van der Waals surface area contributed by atoms with Gasteiger partial charge in [0, 0.05) is 27.0 Å². The minimum Gasteiger partial charge on any atom is -0.341 e. The molecule has 1 aliphatic carbocycles. The normalized spacial score (nSPS) is 28.6. The van der Waals surface area contributed by atoms with Gasteiger partial charge in [0.25, 0.3) is 0 Å². The summed E-state index contributed by atoms with van der Waals surface area (Å²) in [7, 11) is 1.70. The first-order chi connectivity index (χ1) is 6.59. The monoisotopic (exact) mass is 198 g/mol. The molecule has 0 aromatic heterocycles. The van der Waals surface area contributed by atoms with Crippen molar-refractivity contribution in [3.63, 3.8) is 0 Å². The molecule has 2 fully saturated rings. The van der Waals surface area contributed by atoms with Crippen LogP contribution in [-0.2, 0) is 0 Å². The molecule has 0 bridgehead atoms. The molecular formula is C11H22N2O. The summed E-state index contributed by atoms with van der Waals surface area (Å²) < 4.78 is 0. The first-order valence-electron chi connectivity index (χ1n) is 5.56. The number of amides is 2. The molecule has 14 heavy (non-hydrogen) atoms. The molecule has 1 saturated heterocycles. The van der Waals surface area contributed by atoms with Crippen LogP contribution in [0.2, 0.25) is 0 Å². The van der Waals surface area contributed by atoms with Gasteiger partial charge in [-0.25, -0.2) is 4.79 Å². The van der Waals surface area contributed by atoms with E-state index in [4.69, 9.17) is 0 Å². The first kappa shape index (κ1) is 9.81. The largest absolute Gasteiger partial charge is 0.341 e. The van der Waals surface area contributed by atoms with Crippen LogP contribution in [0.3, 0.4) is 0 Å². The number of urea groups is 1. The Labute approximate surface area is 87.3 Å². The molecular weight excluding hydrogens is 176 g/mol. The van der Waals surface area contributed by atoms with E-state index in [9.17, 15) is 4.79 Å². The van der Waals surface area contributed by atoms with Gasteiger partial charge < -0.3 is 10.2 Å². The molecule has 1 saturated carbocycles. The average Bonchev–Trinajstić information content (AvgIpc) is 1.98. The van der Waals surface area contributed by atoms with Crippen LogP contribution in [-0.4, -0.2) is 31.1 Å². The zero-order valence-corrected chi connectivity index (χ0v) is 9.34. The lowest BCUT2D eigenvalue weighted by atomic mass is 9.52. The van der Waals surface area contributed by atoms with E-state index < -0.39 is 0 Å². The summed E-state index contributed by atoms with van der Waals surface area (Å²) in [5.74, 6) is 1.62. The summed E-state index contributed by atoms with van der Waals surface area (Å²) >= 11 is 0. The Bertz CT molecular complexity index is 249. The summed E-state index contributed by atoms with van der Waals surface area (Å²) in [5.41, 5.74) is 0.501. The molecule has 2 rings (SSSR count). The van der Waals surface area contributed by atoms with Crippen molar-refractivity contribution in [2.75, 3.05) is 20.1 Å². The topological polar surface area (TPSA) is 32.3 Å². The Morgan fingerprint density at radius 3 is 2.57 bits per heavy atom. The van der Waals surface area contributed by atoms with Crippen molar-refractivity contribution in [1.29, 1.82) is 0 Å². The molecule has 0 radical (unpaired) electrons. The van der Waals surface area contributed by atoms with Crippen molar-refractivity contribution in [3.8, 4) is 0 Å². The van der Waals surface area contributed by atoms with Gasteiger partial charge in [0.2, 0.25) is 0 Å². The van der Waals surface area contributed by atoms with Gasteiger partial charge >= 0.3 is 6.03 Å². The van der Waals surface area contributed by atoms with Crippen molar-refractivity contribution >= 4 is 6.03 Å². The molecule has 1 heterocycles. The molecule has 1 aliphatic heterocycles. The third-order valence-corrected chi connectivity index (χ3v) is 4.06. The summed E-state index contributed by atoms with van der Waals surface area (Å²) in [6.07, 6.45) is 2.68. The van der Waals surface area contributed by atoms with E-state index in [0.717, 1.165) is 24.9 Å². The quantitative estimate of drug-likeness (QED) is 0.686. The smallest absolute Gasteiger partial charge is 0.317 e. The predicted octanol–water partition coefficient (Wildman–Crippen LogP) is 1.94. The van der Waals surface area contributed by atoms with Crippen LogP contribution in [0.15, 0.2) is 0 Å². The highest BCUT2D eigenvalue weighted by Crippen LogP contribution is 2.55. The number of nitrogens with zero attached hydrogens (tertiary/aromatic N) is 1. The zero-order chi connectivity index (χ0) is 10.3. The Kier molecular flexibility index (Phi) is 2.20. The number of likely N-dealkylation sites (tertiary alicyclic amines) is 1. The molecule has 0 aromatic carbocycles. The minimum atomic E-state index is 0. The van der Waals surface area contributed by atoms with Gasteiger partial charge in [0.15, 0.2) is 0 Å². The van der Waals surface area contributed by atoms with Gasteiger partial charge in [-0.2, -0.15) is 0 Å². The third kappa shape index (κ3) is 1.22. The standard InChI is InChI=1S/C11H20N2O.H2/c1-8(2)9-4-5-11(9)6-13(7-11)10(14)12-3;/h8-9H,4-7H2,1-3H3,(H,12,14);1H. The third-order valence-electron chi connectivity index (χ3n) is 4.06. The highest BCUT2D eigenvalue weighted by molar-refractivity contribution is 5.75. The fourth-order valence-corrected chi connectivity index (χ4v) is 3.17. The Morgan fingerprint density at radius 2 is 2.21 bits per heavy atom. The van der Waals surface area contributed by atoms with Crippen LogP contribution < -0.4 is 5.32 Å². The van der Waals surface area contributed by atoms with Crippen LogP contribution in [0.1, 0.15) is 28.1 Å². The van der Waals surface area contributed by atoms with Gasteiger partial charge in [0.1, 0.15) is 0 Å². The maximum absolute atomic E-state index is 11.3. The fourth-order valence-electron chi connectivity index (χ4n) is 3.17. The second-order valence-electron chi connectivity index (χ2n) is 5.16. The molecule has 0 aromatic rings. The molecule has 82 valence electrons. The number of rotatable bonds is 1. The first-order valence-corrected chi connectivity index (χ1v) is 5.56. The van der Waals surface area contributed by atoms with Crippen molar-refractivity contribution in [3.05, 3.63) is 0 Å². The molecule has 1 unspecified atom stereocenters. The molecule has 2 amide bonds. The van der Waals surface area contributed by atoms with E-state index >= 15 is 0 Å². The lowest BCUT2D eigenvalue weighted by Crippen LogP contribution is -2.67. The molecule has 1 atom stereocenters. The van der Waals surface area contributed by atoms with E-state index in [0.29, 0.717) is 5.41 Å². The van der Waals surface area contributed by atoms with Crippen molar-refractivity contribution in [2.45, 2.75) is 26.7 Å². The number of hydrogen-bond donors (Lipinski definition) is 1. The Hall–Kier alpha value is -0.730. The molecule has 3 heteroatoms. The summed E-state index contributed by atoms with van der Waals surface area (Å²) in [4.78, 5) is 13.2. The number of carbonyl (C=O) groups is 1. The maximum Gasteiger partial charge on any atom is 0.317 e. The summed E-state index contributed by atoms with van der Waals surface area (Å²) in [6.45, 7) is 6.56. The van der Waals surface area contributed by atoms with E-state index in [1.807, 2.05) is 4.90 Å². The van der Waals surface area contributed by atoms with Crippen molar-refractivity contribution in [1.82, 2.24) is 10.2 Å². The Balaban J connectivity index is 0.00000112. The highest BCUT2D eigenvalue weighted by atomic mass is 16.2. The highest BCUT2D eigenvalue weighted by Gasteiger charge is 2.56. The van der Waals surface area contributed by atoms with Crippen LogP contribution in [0.4, 0.5) is 4.79 Å². The number of carbonyl (C=O) groups excluding carboxylic acids is 1. The second-order valence-corrected chi connectivity index (χ2v) is 5.16. The van der Waals surface area contributed by atoms with Crippen LogP contribution in [0.25, 0.3) is 0 Å². The molecule has 1 spiro atoms. The van der Waals surface area contributed by atoms with Gasteiger partial charge in [0.05, 0.1) is 0 Å². The van der Waals surface area contributed by atoms with Crippen LogP contribution in [0, 0.1) is 17.3 Å². The average molecular weight is 198 g/mol. The van der Waals surface area contributed by atoms with Crippen LogP contribution >= 0.6 is 0 Å². The lowest BCUT2D eigenvalue weighted by molar-refractivity contribution is -0.109. The van der Waals surface area contributed by atoms with E-state index in [1.165, 1.54) is 12.8 Å². The fraction of sp³-hybridized carbons (Fsp3) is 0.909. The van der Waals surface area contributed by atoms with Crippen LogP contribution in [0.5, 0.6) is 0 Å². The van der Waals surface area contributed by atoms with E-state index in [2.05, 4.69) is 19.2 Å². The SMILES string of the molecule is CNC(=O)N1CC2(CCC2C(C)C)C1.[HH]. The van der Waals surface area contributed by atoms with Gasteiger partial charge in [-0.1, -0.05) is 13.8 Å². The van der Waals surface area contributed by atoms with Gasteiger partial charge in [-0.3, -0.25) is 0 Å². The minimum absolute atomic E-state index is 0. The number of nitrogens with one attached hydrogen (secondary N) is 1. The molecule has 1 N–H and O–H groups in total. The predicted molar refractivity (Wildman–Crippen MR) is 58.1 cm³/mol. The second kappa shape index (κ2) is 3.14. The van der Waals surface area contributed by atoms with Gasteiger partial charge in [-0.05, 0) is 24.7 Å². The Morgan fingerprint density at radius 1 is 1.57 bits per heavy atom. The summed E-state index contributed by atoms with van der Waals surface area (Å²) in [6, 6.07) is 0.0880. The summed E-state index contributed by atoms with van der Waals surface area (Å²) in [5, 5.41) is 2.68. The van der Waals surface area contributed by atoms with E-state index in [1.54, 1.807) is 7.05 Å². The zero-order valence-electron chi connectivity index (χ0n) is 9.34. The maximum atomic E-state index is 11.3. The van der Waals surface area contributed by atoms with Crippen molar-refractivity contribution < 1.29 is 6.22 Å². The lowest BCUT2D eigenvalue weighted by Gasteiger charge is -2.62. The molecule has 3 nitrogen and oxygen atoms in total. The van der Waals surface area contributed by atoms with E-state index in [-0.39, 0.29) is 7.46 Å². The molecule has 2 aliphatic rings.